The molecule has 0 saturated carbocycles. The number of cyclic esters (lactones) is 1. The number of esters is 2. The lowest BCUT2D eigenvalue weighted by atomic mass is 10.0. The Morgan fingerprint density at radius 2 is 1.75 bits per heavy atom. The van der Waals surface area contributed by atoms with Crippen LogP contribution >= 0.6 is 0 Å². The highest BCUT2D eigenvalue weighted by atomic mass is 16.6. The number of amides is 2. The summed E-state index contributed by atoms with van der Waals surface area (Å²) < 4.78 is 14.4. The molecule has 0 aliphatic carbocycles. The Morgan fingerprint density at radius 1 is 1.07 bits per heavy atom. The van der Waals surface area contributed by atoms with Gasteiger partial charge >= 0.3 is 18.0 Å². The molecule has 2 amide bonds. The molecule has 28 heavy (non-hydrogen) atoms. The highest BCUT2D eigenvalue weighted by Gasteiger charge is 2.44. The summed E-state index contributed by atoms with van der Waals surface area (Å²) >= 11 is 0. The molecule has 150 valence electrons. The van der Waals surface area contributed by atoms with E-state index in [1.165, 1.54) is 25.2 Å². The average molecular weight is 390 g/mol. The van der Waals surface area contributed by atoms with Gasteiger partial charge in [-0.05, 0) is 31.0 Å². The molecule has 0 bridgehead atoms. The highest BCUT2D eigenvalue weighted by Crippen LogP contribution is 2.25. The van der Waals surface area contributed by atoms with Gasteiger partial charge < -0.3 is 19.1 Å². The number of methoxy groups -OCH3 is 2. The highest BCUT2D eigenvalue weighted by molar-refractivity contribution is 5.98. The van der Waals surface area contributed by atoms with Gasteiger partial charge in [-0.2, -0.15) is 0 Å². The van der Waals surface area contributed by atoms with E-state index in [0.717, 1.165) is 0 Å². The Hall–Kier alpha value is -3.10. The van der Waals surface area contributed by atoms with Crippen molar-refractivity contribution in [2.45, 2.75) is 24.9 Å². The number of hydrogen-bond acceptors (Lipinski definition) is 7. The van der Waals surface area contributed by atoms with Crippen LogP contribution in [0.5, 0.6) is 0 Å². The van der Waals surface area contributed by atoms with Crippen LogP contribution in [-0.4, -0.2) is 79.7 Å². The molecule has 9 nitrogen and oxygen atoms in total. The number of ether oxygens (including phenoxy) is 3. The summed E-state index contributed by atoms with van der Waals surface area (Å²) in [7, 11) is 2.56. The molecule has 3 rings (SSSR count). The van der Waals surface area contributed by atoms with Crippen molar-refractivity contribution < 1.29 is 33.4 Å². The van der Waals surface area contributed by atoms with Crippen LogP contribution in [0.2, 0.25) is 0 Å². The first-order chi connectivity index (χ1) is 13.5. The van der Waals surface area contributed by atoms with E-state index >= 15 is 0 Å². The molecule has 2 aliphatic rings. The lowest BCUT2D eigenvalue weighted by molar-refractivity contribution is -0.145. The van der Waals surface area contributed by atoms with E-state index in [1.54, 1.807) is 23.1 Å². The molecule has 2 aliphatic heterocycles. The second-order valence-corrected chi connectivity index (χ2v) is 6.62. The third-order valence-corrected chi connectivity index (χ3v) is 5.06. The Labute approximate surface area is 162 Å². The zero-order valence-corrected chi connectivity index (χ0v) is 15.8. The van der Waals surface area contributed by atoms with Crippen molar-refractivity contribution in [1.29, 1.82) is 0 Å². The number of likely N-dealkylation sites (tertiary alicyclic amines) is 1. The molecule has 1 aromatic carbocycles. The van der Waals surface area contributed by atoms with E-state index in [4.69, 9.17) is 9.47 Å². The average Bonchev–Trinajstić information content (AvgIpc) is 3.13. The van der Waals surface area contributed by atoms with Crippen LogP contribution < -0.4 is 0 Å². The molecule has 0 radical (unpaired) electrons. The maximum atomic E-state index is 12.8. The van der Waals surface area contributed by atoms with Crippen molar-refractivity contribution in [2.24, 2.45) is 0 Å². The van der Waals surface area contributed by atoms with Crippen LogP contribution in [0.25, 0.3) is 0 Å². The number of hydrogen-bond donors (Lipinski definition) is 0. The van der Waals surface area contributed by atoms with E-state index in [-0.39, 0.29) is 18.6 Å². The van der Waals surface area contributed by atoms with Crippen LogP contribution in [-0.2, 0) is 19.0 Å². The topological polar surface area (TPSA) is 102 Å². The van der Waals surface area contributed by atoms with Gasteiger partial charge in [0.05, 0.1) is 19.8 Å². The second kappa shape index (κ2) is 8.28. The molecule has 0 N–H and O–H groups in total. The summed E-state index contributed by atoms with van der Waals surface area (Å²) in [4.78, 5) is 51.4. The Kier molecular flexibility index (Phi) is 5.81. The van der Waals surface area contributed by atoms with Gasteiger partial charge in [0.25, 0.3) is 5.91 Å². The first-order valence-electron chi connectivity index (χ1n) is 8.96. The maximum absolute atomic E-state index is 12.8. The predicted molar refractivity (Wildman–Crippen MR) is 95.7 cm³/mol. The monoisotopic (exact) mass is 390 g/mol. The number of carbonyl (C=O) groups excluding carboxylic acids is 4. The third-order valence-electron chi connectivity index (χ3n) is 5.06. The molecule has 0 aromatic heterocycles. The van der Waals surface area contributed by atoms with Gasteiger partial charge in [0.2, 0.25) is 0 Å². The maximum Gasteiger partial charge on any atom is 0.410 e. The summed E-state index contributed by atoms with van der Waals surface area (Å²) in [5, 5.41) is 0. The number of nitrogens with zero attached hydrogens (tertiary/aromatic N) is 2. The number of benzene rings is 1. The molecule has 1 atom stereocenters. The van der Waals surface area contributed by atoms with Crippen molar-refractivity contribution in [1.82, 2.24) is 9.80 Å². The molecular formula is C19H22N2O7. The molecule has 2 fully saturated rings. The van der Waals surface area contributed by atoms with Crippen LogP contribution in [0.1, 0.15) is 33.6 Å². The fourth-order valence-electron chi connectivity index (χ4n) is 3.58. The minimum Gasteiger partial charge on any atom is -0.467 e. The summed E-state index contributed by atoms with van der Waals surface area (Å²) in [5.74, 6) is -1.21. The smallest absolute Gasteiger partial charge is 0.410 e. The van der Waals surface area contributed by atoms with E-state index < -0.39 is 24.1 Å². The largest absolute Gasteiger partial charge is 0.467 e. The van der Waals surface area contributed by atoms with E-state index in [9.17, 15) is 19.2 Å². The van der Waals surface area contributed by atoms with Gasteiger partial charge in [0.15, 0.2) is 6.04 Å². The Bertz CT molecular complexity index is 786. The summed E-state index contributed by atoms with van der Waals surface area (Å²) in [6.45, 7) is 0.818. The molecule has 9 heteroatoms. The fourth-order valence-corrected chi connectivity index (χ4v) is 3.58. The standard InChI is InChI=1S/C19H22N2O7/c1-26-17(23)13-5-3-4-12(10-13)16(22)20-8-6-14(7-9-20)21-15(18(24)27-2)11-28-19(21)25/h3-5,10,14-15H,6-9,11H2,1-2H3. The van der Waals surface area contributed by atoms with E-state index in [2.05, 4.69) is 4.74 Å². The predicted octanol–water partition coefficient (Wildman–Crippen LogP) is 1.07. The first-order valence-corrected chi connectivity index (χ1v) is 8.96. The minimum atomic E-state index is -0.749. The normalized spacial score (nSPS) is 19.9. The lowest BCUT2D eigenvalue weighted by Crippen LogP contribution is -2.52. The van der Waals surface area contributed by atoms with Gasteiger partial charge in [-0.1, -0.05) is 6.07 Å². The number of carbonyl (C=O) groups is 4. The summed E-state index contributed by atoms with van der Waals surface area (Å²) in [5.41, 5.74) is 0.707. The van der Waals surface area contributed by atoms with Crippen molar-refractivity contribution >= 4 is 23.9 Å². The fraction of sp³-hybridized carbons (Fsp3) is 0.474. The number of rotatable bonds is 4. The van der Waals surface area contributed by atoms with Gasteiger partial charge in [-0.15, -0.1) is 0 Å². The molecular weight excluding hydrogens is 368 g/mol. The van der Waals surface area contributed by atoms with Crippen molar-refractivity contribution in [2.75, 3.05) is 33.9 Å². The van der Waals surface area contributed by atoms with Gasteiger partial charge in [0, 0.05) is 24.7 Å². The van der Waals surface area contributed by atoms with Crippen LogP contribution in [0.4, 0.5) is 4.79 Å². The first kappa shape index (κ1) is 19.7. The Balaban J connectivity index is 1.65. The lowest BCUT2D eigenvalue weighted by Gasteiger charge is -2.37. The van der Waals surface area contributed by atoms with Gasteiger partial charge in [-0.25, -0.2) is 14.4 Å². The summed E-state index contributed by atoms with van der Waals surface area (Å²) in [6.07, 6.45) is 0.502. The van der Waals surface area contributed by atoms with Crippen LogP contribution in [0, 0.1) is 0 Å². The van der Waals surface area contributed by atoms with Crippen LogP contribution in [0.3, 0.4) is 0 Å². The zero-order chi connectivity index (χ0) is 20.3. The SMILES string of the molecule is COC(=O)c1cccc(C(=O)N2CCC(N3C(=O)OCC3C(=O)OC)CC2)c1. The quantitative estimate of drug-likeness (QED) is 0.560. The van der Waals surface area contributed by atoms with Crippen molar-refractivity contribution in [3.05, 3.63) is 35.4 Å². The third kappa shape index (κ3) is 3.78. The van der Waals surface area contributed by atoms with E-state index in [0.29, 0.717) is 37.1 Å². The van der Waals surface area contributed by atoms with Gasteiger partial charge in [0.1, 0.15) is 6.61 Å². The molecule has 0 spiro atoms. The Morgan fingerprint density at radius 3 is 2.39 bits per heavy atom. The summed E-state index contributed by atoms with van der Waals surface area (Å²) in [6, 6.07) is 5.41. The van der Waals surface area contributed by atoms with Crippen LogP contribution in [0.15, 0.2) is 24.3 Å². The van der Waals surface area contributed by atoms with E-state index in [1.807, 2.05) is 0 Å². The minimum absolute atomic E-state index is 0.0228. The van der Waals surface area contributed by atoms with Crippen molar-refractivity contribution in [3.8, 4) is 0 Å². The van der Waals surface area contributed by atoms with Crippen molar-refractivity contribution in [3.63, 3.8) is 0 Å². The molecule has 2 saturated heterocycles. The number of piperidine rings is 1. The molecule has 1 unspecified atom stereocenters. The van der Waals surface area contributed by atoms with Gasteiger partial charge in [-0.3, -0.25) is 9.69 Å². The second-order valence-electron chi connectivity index (χ2n) is 6.62. The zero-order valence-electron chi connectivity index (χ0n) is 15.8. The molecule has 1 aromatic rings. The molecule has 2 heterocycles.